The van der Waals surface area contributed by atoms with Crippen molar-refractivity contribution in [2.24, 2.45) is 11.8 Å². The predicted octanol–water partition coefficient (Wildman–Crippen LogP) is 7.60. The molecule has 2 N–H and O–H groups in total. The number of aryl methyl sites for hydroxylation is 1. The summed E-state index contributed by atoms with van der Waals surface area (Å²) in [7, 11) is 1.35. The van der Waals surface area contributed by atoms with Gasteiger partial charge in [0.1, 0.15) is 6.04 Å². The van der Waals surface area contributed by atoms with Crippen LogP contribution in [0.1, 0.15) is 108 Å². The first-order valence-electron chi connectivity index (χ1n) is 15.7. The van der Waals surface area contributed by atoms with Crippen LogP contribution in [0, 0.1) is 18.8 Å². The fourth-order valence-electron chi connectivity index (χ4n) is 7.60. The number of fused-ring (bicyclic) bond motifs is 1. The number of carbonyl (C=O) groups is 2. The molecule has 3 unspecified atom stereocenters. The first kappa shape index (κ1) is 28.8. The lowest BCUT2D eigenvalue weighted by molar-refractivity contribution is -0.137. The van der Waals surface area contributed by atoms with Gasteiger partial charge in [0.25, 0.3) is 0 Å². The number of carbonyl (C=O) groups excluding carboxylic acids is 2. The fraction of sp³-hybridized carbons (Fsp3) is 0.647. The molecule has 1 aliphatic heterocycles. The Morgan fingerprint density at radius 1 is 1.12 bits per heavy atom. The first-order chi connectivity index (χ1) is 19.3. The van der Waals surface area contributed by atoms with Gasteiger partial charge in [0, 0.05) is 17.4 Å². The average Bonchev–Trinajstić information content (AvgIpc) is 3.46. The van der Waals surface area contributed by atoms with Crippen molar-refractivity contribution in [3.63, 3.8) is 0 Å². The molecule has 4 atom stereocenters. The first-order valence-corrected chi connectivity index (χ1v) is 15.7. The summed E-state index contributed by atoms with van der Waals surface area (Å²) in [5, 5.41) is 6.68. The number of methoxy groups -OCH3 is 1. The molecule has 2 amide bonds. The number of likely N-dealkylation sites (tertiary alicyclic amines) is 1. The third kappa shape index (κ3) is 5.82. The van der Waals surface area contributed by atoms with Gasteiger partial charge >= 0.3 is 6.09 Å². The Bertz CT molecular complexity index is 1150. The van der Waals surface area contributed by atoms with E-state index in [1.165, 1.54) is 50.3 Å². The number of anilines is 1. The second kappa shape index (κ2) is 12.4. The molecule has 0 radical (unpaired) electrons. The Labute approximate surface area is 241 Å². The highest BCUT2D eigenvalue weighted by Gasteiger charge is 2.48. The van der Waals surface area contributed by atoms with E-state index in [1.807, 2.05) is 13.8 Å². The molecule has 1 saturated heterocycles. The van der Waals surface area contributed by atoms with Crippen molar-refractivity contribution in [2.45, 2.75) is 122 Å². The summed E-state index contributed by atoms with van der Waals surface area (Å²) in [6.45, 7) is 8.39. The number of ether oxygens (including phenoxy) is 1. The molecular formula is C34H49N3O3. The van der Waals surface area contributed by atoms with E-state index in [9.17, 15) is 9.59 Å². The van der Waals surface area contributed by atoms with Crippen LogP contribution in [-0.2, 0) is 9.53 Å². The van der Waals surface area contributed by atoms with E-state index >= 15 is 0 Å². The smallest absolute Gasteiger partial charge is 0.407 e. The lowest BCUT2D eigenvalue weighted by atomic mass is 9.84. The highest BCUT2D eigenvalue weighted by atomic mass is 16.5. The number of hydrogen-bond donors (Lipinski definition) is 2. The van der Waals surface area contributed by atoms with Gasteiger partial charge in [-0.1, -0.05) is 69.4 Å². The van der Waals surface area contributed by atoms with E-state index in [2.05, 4.69) is 53.7 Å². The number of benzene rings is 1. The molecular weight excluding hydrogens is 498 g/mol. The topological polar surface area (TPSA) is 70.7 Å². The molecule has 1 aromatic carbocycles. The van der Waals surface area contributed by atoms with E-state index in [0.29, 0.717) is 11.8 Å². The molecule has 40 heavy (non-hydrogen) atoms. The second-order valence-corrected chi connectivity index (χ2v) is 12.9. The van der Waals surface area contributed by atoms with Crippen LogP contribution in [0.5, 0.6) is 0 Å². The van der Waals surface area contributed by atoms with Gasteiger partial charge in [-0.25, -0.2) is 4.79 Å². The van der Waals surface area contributed by atoms with Gasteiger partial charge in [-0.05, 0) is 93.2 Å². The third-order valence-electron chi connectivity index (χ3n) is 9.96. The molecule has 2 fully saturated rings. The van der Waals surface area contributed by atoms with Crippen LogP contribution in [0.4, 0.5) is 10.5 Å². The zero-order valence-corrected chi connectivity index (χ0v) is 25.2. The molecule has 0 bridgehead atoms. The zero-order chi connectivity index (χ0) is 28.4. The van der Waals surface area contributed by atoms with Gasteiger partial charge in [0.2, 0.25) is 5.91 Å². The number of nitrogens with zero attached hydrogens (tertiary/aromatic N) is 1. The van der Waals surface area contributed by atoms with Crippen molar-refractivity contribution in [1.29, 1.82) is 0 Å². The molecule has 4 aliphatic rings. The standard InChI is InChI=1S/C34H49N3O3/c1-6-7-11-29(35-28-16-15-23(17-22(28)4)27-18-24-13-14-25(24)19-27)31-20-26-10-8-9-12-30(26)37(31)33(38)32(21(2)3)36-34(39)40-5/h11,15-17,21,26-27,30-32,35H,6-10,12-14,18-20H2,1-5H3,(H,36,39)/b29-11+/t26-,30?,31?,32?/m0/s1. The third-order valence-corrected chi connectivity index (χ3v) is 9.96. The number of rotatable bonds is 9. The minimum atomic E-state index is -0.610. The molecule has 1 heterocycles. The van der Waals surface area contributed by atoms with Crippen molar-refractivity contribution >= 4 is 17.7 Å². The molecule has 6 nitrogen and oxygen atoms in total. The number of amides is 2. The lowest BCUT2D eigenvalue weighted by Crippen LogP contribution is -2.55. The monoisotopic (exact) mass is 547 g/mol. The summed E-state index contributed by atoms with van der Waals surface area (Å²) in [6, 6.07) is 6.53. The Morgan fingerprint density at radius 3 is 2.48 bits per heavy atom. The number of unbranched alkanes of at least 4 members (excludes halogenated alkanes) is 1. The Balaban J connectivity index is 1.41. The largest absolute Gasteiger partial charge is 0.453 e. The molecule has 6 heteroatoms. The van der Waals surface area contributed by atoms with Crippen LogP contribution in [0.15, 0.2) is 41.1 Å². The highest BCUT2D eigenvalue weighted by Crippen LogP contribution is 2.48. The van der Waals surface area contributed by atoms with E-state index in [1.54, 1.807) is 11.1 Å². The Kier molecular flexibility index (Phi) is 8.92. The quantitative estimate of drug-likeness (QED) is 0.312. The summed E-state index contributed by atoms with van der Waals surface area (Å²) in [5.41, 5.74) is 8.39. The van der Waals surface area contributed by atoms with Crippen molar-refractivity contribution < 1.29 is 14.3 Å². The molecule has 1 saturated carbocycles. The number of alkyl carbamates (subject to hydrolysis) is 1. The van der Waals surface area contributed by atoms with Gasteiger partial charge < -0.3 is 20.3 Å². The predicted molar refractivity (Wildman–Crippen MR) is 161 cm³/mol. The maximum atomic E-state index is 14.2. The van der Waals surface area contributed by atoms with Gasteiger partial charge in [-0.15, -0.1) is 0 Å². The van der Waals surface area contributed by atoms with Crippen LogP contribution in [0.2, 0.25) is 0 Å². The summed E-state index contributed by atoms with van der Waals surface area (Å²) < 4.78 is 4.88. The van der Waals surface area contributed by atoms with Gasteiger partial charge in [0.15, 0.2) is 0 Å². The van der Waals surface area contributed by atoms with Crippen molar-refractivity contribution in [3.8, 4) is 0 Å². The molecule has 3 aliphatic carbocycles. The molecule has 0 aromatic heterocycles. The number of hydrogen-bond acceptors (Lipinski definition) is 4. The van der Waals surface area contributed by atoms with Crippen molar-refractivity contribution in [2.75, 3.05) is 12.4 Å². The minimum absolute atomic E-state index is 0.0157. The molecule has 218 valence electrons. The Hall–Kier alpha value is -2.76. The van der Waals surface area contributed by atoms with E-state index in [0.717, 1.165) is 49.9 Å². The minimum Gasteiger partial charge on any atom is -0.453 e. The fourth-order valence-corrected chi connectivity index (χ4v) is 7.60. The summed E-state index contributed by atoms with van der Waals surface area (Å²) >= 11 is 0. The van der Waals surface area contributed by atoms with Gasteiger partial charge in [0.05, 0.1) is 13.2 Å². The van der Waals surface area contributed by atoms with E-state index in [4.69, 9.17) is 4.74 Å². The second-order valence-electron chi connectivity index (χ2n) is 12.9. The highest BCUT2D eigenvalue weighted by molar-refractivity contribution is 5.87. The zero-order valence-electron chi connectivity index (χ0n) is 25.2. The summed E-state index contributed by atoms with van der Waals surface area (Å²) in [4.78, 5) is 28.6. The number of allylic oxidation sites excluding steroid dienone is 3. The summed E-state index contributed by atoms with van der Waals surface area (Å²) in [5.74, 6) is 1.11. The lowest BCUT2D eigenvalue weighted by Gasteiger charge is -2.38. The van der Waals surface area contributed by atoms with Crippen molar-refractivity contribution in [3.05, 3.63) is 52.2 Å². The van der Waals surface area contributed by atoms with E-state index < -0.39 is 12.1 Å². The summed E-state index contributed by atoms with van der Waals surface area (Å²) in [6.07, 6.45) is 14.4. The van der Waals surface area contributed by atoms with Crippen LogP contribution in [0.25, 0.3) is 0 Å². The molecule has 0 spiro atoms. The van der Waals surface area contributed by atoms with Gasteiger partial charge in [-0.3, -0.25) is 4.79 Å². The van der Waals surface area contributed by atoms with Crippen LogP contribution < -0.4 is 10.6 Å². The average molecular weight is 548 g/mol. The maximum Gasteiger partial charge on any atom is 0.407 e. The Morgan fingerprint density at radius 2 is 1.85 bits per heavy atom. The van der Waals surface area contributed by atoms with Crippen LogP contribution in [0.3, 0.4) is 0 Å². The van der Waals surface area contributed by atoms with Crippen LogP contribution >= 0.6 is 0 Å². The SMILES string of the molecule is CCC/C=C(/Nc1ccc(C2CC3=C(CC3)C2)cc1C)C1C[C@@H]2CCCCC2N1C(=O)C(NC(=O)OC)C(C)C. The number of nitrogens with one attached hydrogen (secondary N) is 2. The molecule has 5 rings (SSSR count). The normalized spacial score (nSPS) is 25.4. The molecule has 1 aromatic rings. The maximum absolute atomic E-state index is 14.2. The van der Waals surface area contributed by atoms with Gasteiger partial charge in [-0.2, -0.15) is 0 Å². The van der Waals surface area contributed by atoms with Crippen molar-refractivity contribution in [1.82, 2.24) is 10.2 Å². The van der Waals surface area contributed by atoms with Crippen LogP contribution in [-0.4, -0.2) is 42.1 Å². The van der Waals surface area contributed by atoms with E-state index in [-0.39, 0.29) is 23.9 Å².